The highest BCUT2D eigenvalue weighted by Gasteiger charge is 2.04. The molecule has 0 radical (unpaired) electrons. The molecule has 1 aromatic carbocycles. The first-order chi connectivity index (χ1) is 5.69. The molecule has 0 aromatic heterocycles. The van der Waals surface area contributed by atoms with E-state index in [9.17, 15) is 4.39 Å². The highest BCUT2D eigenvalue weighted by Crippen LogP contribution is 2.21. The predicted molar refractivity (Wildman–Crippen MR) is 45.6 cm³/mol. The quantitative estimate of drug-likeness (QED) is 0.578. The van der Waals surface area contributed by atoms with Gasteiger partial charge in [0.25, 0.3) is 0 Å². The van der Waals surface area contributed by atoms with E-state index in [4.69, 9.17) is 11.2 Å². The van der Waals surface area contributed by atoms with E-state index in [0.717, 1.165) is 0 Å². The van der Waals surface area contributed by atoms with Crippen molar-refractivity contribution in [1.82, 2.24) is 0 Å². The van der Waals surface area contributed by atoms with E-state index >= 15 is 0 Å². The lowest BCUT2D eigenvalue weighted by molar-refractivity contribution is 0.412. The highest BCUT2D eigenvalue weighted by molar-refractivity contribution is 5.47. The average molecular weight is 164 g/mol. The van der Waals surface area contributed by atoms with Gasteiger partial charge in [-0.25, -0.2) is 4.39 Å². The van der Waals surface area contributed by atoms with Crippen LogP contribution in [0.2, 0.25) is 0 Å². The molecule has 0 saturated carbocycles. The van der Waals surface area contributed by atoms with Crippen molar-refractivity contribution in [1.29, 1.82) is 0 Å². The molecule has 0 aliphatic heterocycles. The Balaban J connectivity index is 3.31. The topological polar surface area (TPSA) is 9.23 Å². The maximum Gasteiger partial charge on any atom is 0.134 e. The fourth-order valence-corrected chi connectivity index (χ4v) is 0.937. The Morgan fingerprint density at radius 2 is 2.17 bits per heavy atom. The van der Waals surface area contributed by atoms with Crippen molar-refractivity contribution in [2.24, 2.45) is 0 Å². The van der Waals surface area contributed by atoms with Gasteiger partial charge in [0.1, 0.15) is 11.6 Å². The summed E-state index contributed by atoms with van der Waals surface area (Å²) in [5.74, 6) is 2.59. The van der Waals surface area contributed by atoms with Crippen LogP contribution >= 0.6 is 0 Å². The first-order valence-corrected chi connectivity index (χ1v) is 3.49. The van der Waals surface area contributed by atoms with E-state index in [1.807, 2.05) is 0 Å². The molecule has 2 heteroatoms. The minimum atomic E-state index is -0.302. The van der Waals surface area contributed by atoms with Crippen LogP contribution < -0.4 is 4.74 Å². The van der Waals surface area contributed by atoms with Crippen LogP contribution in [0.15, 0.2) is 12.1 Å². The van der Waals surface area contributed by atoms with Crippen LogP contribution in [-0.2, 0) is 0 Å². The molecule has 0 unspecified atom stereocenters. The zero-order valence-electron chi connectivity index (χ0n) is 7.02. The summed E-state index contributed by atoms with van der Waals surface area (Å²) in [6.45, 7) is 1.66. The average Bonchev–Trinajstić information content (AvgIpc) is 2.09. The third-order valence-corrected chi connectivity index (χ3v) is 1.64. The van der Waals surface area contributed by atoms with Crippen molar-refractivity contribution in [3.8, 4) is 18.1 Å². The van der Waals surface area contributed by atoms with Gasteiger partial charge in [-0.3, -0.25) is 0 Å². The van der Waals surface area contributed by atoms with Crippen LogP contribution in [0.25, 0.3) is 0 Å². The normalized spacial score (nSPS) is 9.17. The van der Waals surface area contributed by atoms with Gasteiger partial charge in [-0.15, -0.1) is 6.42 Å². The van der Waals surface area contributed by atoms with Crippen molar-refractivity contribution in [2.45, 2.75) is 6.92 Å². The second-order valence-electron chi connectivity index (χ2n) is 2.45. The van der Waals surface area contributed by atoms with Gasteiger partial charge >= 0.3 is 0 Å². The van der Waals surface area contributed by atoms with Gasteiger partial charge in [-0.05, 0) is 24.6 Å². The highest BCUT2D eigenvalue weighted by atomic mass is 19.1. The third kappa shape index (κ3) is 1.40. The summed E-state index contributed by atoms with van der Waals surface area (Å²) in [7, 11) is 1.51. The number of terminal acetylenes is 1. The number of hydrogen-bond donors (Lipinski definition) is 0. The summed E-state index contributed by atoms with van der Waals surface area (Å²) in [6, 6.07) is 2.89. The van der Waals surface area contributed by atoms with Crippen LogP contribution in [0.3, 0.4) is 0 Å². The van der Waals surface area contributed by atoms with E-state index in [1.165, 1.54) is 13.2 Å². The third-order valence-electron chi connectivity index (χ3n) is 1.64. The molecule has 0 bridgehead atoms. The van der Waals surface area contributed by atoms with E-state index in [2.05, 4.69) is 5.92 Å². The van der Waals surface area contributed by atoms with Crippen LogP contribution in [0.4, 0.5) is 4.39 Å². The lowest BCUT2D eigenvalue weighted by atomic mass is 10.1. The van der Waals surface area contributed by atoms with E-state index < -0.39 is 0 Å². The first-order valence-electron chi connectivity index (χ1n) is 3.49. The fraction of sp³-hybridized carbons (Fsp3) is 0.200. The monoisotopic (exact) mass is 164 g/mol. The zero-order valence-corrected chi connectivity index (χ0v) is 7.02. The van der Waals surface area contributed by atoms with E-state index in [0.29, 0.717) is 16.9 Å². The van der Waals surface area contributed by atoms with Crippen LogP contribution in [0.5, 0.6) is 5.75 Å². The second kappa shape index (κ2) is 3.27. The van der Waals surface area contributed by atoms with Gasteiger partial charge in [-0.2, -0.15) is 0 Å². The zero-order chi connectivity index (χ0) is 9.14. The molecular weight excluding hydrogens is 155 g/mol. The molecule has 0 aliphatic carbocycles. The lowest BCUT2D eigenvalue weighted by Crippen LogP contribution is -1.91. The summed E-state index contributed by atoms with van der Waals surface area (Å²) in [4.78, 5) is 0. The van der Waals surface area contributed by atoms with Gasteiger partial charge in [0.15, 0.2) is 0 Å². The smallest absolute Gasteiger partial charge is 0.134 e. The second-order valence-corrected chi connectivity index (χ2v) is 2.45. The maximum absolute atomic E-state index is 12.9. The van der Waals surface area contributed by atoms with E-state index in [-0.39, 0.29) is 5.82 Å². The Morgan fingerprint density at radius 3 is 2.67 bits per heavy atom. The Labute approximate surface area is 71.2 Å². The van der Waals surface area contributed by atoms with Gasteiger partial charge in [0, 0.05) is 0 Å². The maximum atomic E-state index is 12.9. The Hall–Kier alpha value is -1.49. The number of rotatable bonds is 1. The van der Waals surface area contributed by atoms with Gasteiger partial charge < -0.3 is 4.74 Å². The standard InChI is InChI=1S/C10H9FO/c1-4-8-6-9(11)7(2)5-10(8)12-3/h1,5-6H,2-3H3. The Kier molecular flexibility index (Phi) is 2.35. The molecule has 1 nitrogen and oxygen atoms in total. The summed E-state index contributed by atoms with van der Waals surface area (Å²) in [5, 5.41) is 0. The van der Waals surface area contributed by atoms with Gasteiger partial charge in [0.05, 0.1) is 12.7 Å². The van der Waals surface area contributed by atoms with E-state index in [1.54, 1.807) is 13.0 Å². The van der Waals surface area contributed by atoms with Crippen molar-refractivity contribution < 1.29 is 9.13 Å². The number of ether oxygens (including phenoxy) is 1. The molecule has 0 fully saturated rings. The molecule has 0 N–H and O–H groups in total. The van der Waals surface area contributed by atoms with Gasteiger partial charge in [-0.1, -0.05) is 5.92 Å². The van der Waals surface area contributed by atoms with Crippen molar-refractivity contribution >= 4 is 0 Å². The molecule has 0 aliphatic rings. The van der Waals surface area contributed by atoms with Crippen LogP contribution in [-0.4, -0.2) is 7.11 Å². The summed E-state index contributed by atoms with van der Waals surface area (Å²) in [6.07, 6.45) is 5.15. The molecular formula is C10H9FO. The fourth-order valence-electron chi connectivity index (χ4n) is 0.937. The molecule has 1 rings (SSSR count). The Morgan fingerprint density at radius 1 is 1.50 bits per heavy atom. The van der Waals surface area contributed by atoms with Gasteiger partial charge in [0.2, 0.25) is 0 Å². The van der Waals surface area contributed by atoms with Crippen molar-refractivity contribution in [3.63, 3.8) is 0 Å². The number of halogens is 1. The molecule has 0 atom stereocenters. The molecule has 0 saturated heterocycles. The number of hydrogen-bond acceptors (Lipinski definition) is 1. The Bertz CT molecular complexity index is 336. The molecule has 0 heterocycles. The SMILES string of the molecule is C#Cc1cc(F)c(C)cc1OC. The molecule has 12 heavy (non-hydrogen) atoms. The summed E-state index contributed by atoms with van der Waals surface area (Å²) in [5.41, 5.74) is 0.978. The summed E-state index contributed by atoms with van der Waals surface area (Å²) >= 11 is 0. The number of methoxy groups -OCH3 is 1. The number of aryl methyl sites for hydroxylation is 1. The molecule has 0 spiro atoms. The largest absolute Gasteiger partial charge is 0.495 e. The molecule has 0 amide bonds. The minimum absolute atomic E-state index is 0.302. The first kappa shape index (κ1) is 8.61. The van der Waals surface area contributed by atoms with Crippen molar-refractivity contribution in [2.75, 3.05) is 7.11 Å². The summed E-state index contributed by atoms with van der Waals surface area (Å²) < 4.78 is 17.9. The lowest BCUT2D eigenvalue weighted by Gasteiger charge is -2.04. The minimum Gasteiger partial charge on any atom is -0.495 e. The molecule has 62 valence electrons. The predicted octanol–water partition coefficient (Wildman–Crippen LogP) is 2.12. The number of benzene rings is 1. The van der Waals surface area contributed by atoms with Crippen molar-refractivity contribution in [3.05, 3.63) is 29.1 Å². The van der Waals surface area contributed by atoms with Crippen LogP contribution in [0.1, 0.15) is 11.1 Å². The van der Waals surface area contributed by atoms with Crippen LogP contribution in [0, 0.1) is 25.1 Å². The molecule has 1 aromatic rings.